The fraction of sp³-hybridized carbons (Fsp3) is 0.647. The number of nitrogens with one attached hydrogen (secondary N) is 1. The van der Waals surface area contributed by atoms with E-state index in [0.29, 0.717) is 6.04 Å². The van der Waals surface area contributed by atoms with Crippen molar-refractivity contribution < 1.29 is 4.74 Å². The zero-order valence-electron chi connectivity index (χ0n) is 12.9. The average Bonchev–Trinajstić information content (AvgIpc) is 2.96. The molecule has 1 aromatic carbocycles. The van der Waals surface area contributed by atoms with Crippen molar-refractivity contribution in [3.8, 4) is 0 Å². The van der Waals surface area contributed by atoms with E-state index < -0.39 is 0 Å². The lowest BCUT2D eigenvalue weighted by atomic mass is 10.1. The van der Waals surface area contributed by atoms with Crippen molar-refractivity contribution >= 4 is 0 Å². The van der Waals surface area contributed by atoms with Crippen LogP contribution in [-0.2, 0) is 17.9 Å². The summed E-state index contributed by atoms with van der Waals surface area (Å²) < 4.78 is 5.76. The molecule has 0 unspecified atom stereocenters. The van der Waals surface area contributed by atoms with E-state index in [1.54, 1.807) is 0 Å². The smallest absolute Gasteiger partial charge is 0.0717 e. The van der Waals surface area contributed by atoms with Crippen molar-refractivity contribution in [3.63, 3.8) is 0 Å². The molecule has 0 spiro atoms. The minimum Gasteiger partial charge on any atom is -0.375 e. The van der Waals surface area contributed by atoms with E-state index in [9.17, 15) is 0 Å². The Morgan fingerprint density at radius 1 is 1.10 bits per heavy atom. The van der Waals surface area contributed by atoms with Crippen LogP contribution in [0.2, 0.25) is 0 Å². The Kier molecular flexibility index (Phi) is 6.51. The predicted molar refractivity (Wildman–Crippen MR) is 83.7 cm³/mol. The van der Waals surface area contributed by atoms with Gasteiger partial charge in [0.15, 0.2) is 0 Å². The van der Waals surface area contributed by atoms with Crippen molar-refractivity contribution in [1.82, 2.24) is 10.2 Å². The van der Waals surface area contributed by atoms with Gasteiger partial charge in [-0.25, -0.2) is 0 Å². The Labute approximate surface area is 123 Å². The van der Waals surface area contributed by atoms with Crippen LogP contribution >= 0.6 is 0 Å². The van der Waals surface area contributed by atoms with E-state index in [1.807, 2.05) is 0 Å². The predicted octanol–water partition coefficient (Wildman–Crippen LogP) is 2.80. The van der Waals surface area contributed by atoms with Crippen LogP contribution < -0.4 is 5.32 Å². The summed E-state index contributed by atoms with van der Waals surface area (Å²) in [6, 6.07) is 9.26. The van der Waals surface area contributed by atoms with Gasteiger partial charge in [0.1, 0.15) is 0 Å². The molecule has 0 saturated carbocycles. The number of hydrogen-bond donors (Lipinski definition) is 1. The maximum atomic E-state index is 5.76. The van der Waals surface area contributed by atoms with E-state index in [0.717, 1.165) is 26.3 Å². The summed E-state index contributed by atoms with van der Waals surface area (Å²) in [7, 11) is 0. The Hall–Kier alpha value is -0.900. The zero-order valence-corrected chi connectivity index (χ0v) is 12.9. The largest absolute Gasteiger partial charge is 0.375 e. The van der Waals surface area contributed by atoms with Crippen molar-refractivity contribution in [3.05, 3.63) is 35.4 Å². The molecule has 0 aliphatic carbocycles. The molecule has 112 valence electrons. The summed E-state index contributed by atoms with van der Waals surface area (Å²) in [6.45, 7) is 10.4. The van der Waals surface area contributed by atoms with Crippen LogP contribution in [0.15, 0.2) is 24.3 Å². The lowest BCUT2D eigenvalue weighted by Crippen LogP contribution is -2.23. The van der Waals surface area contributed by atoms with Crippen LogP contribution in [0, 0.1) is 0 Å². The molecule has 0 radical (unpaired) electrons. The minimum absolute atomic E-state index is 0.531. The summed E-state index contributed by atoms with van der Waals surface area (Å²) in [5.74, 6) is 0. The van der Waals surface area contributed by atoms with Gasteiger partial charge >= 0.3 is 0 Å². The van der Waals surface area contributed by atoms with Crippen LogP contribution in [-0.4, -0.2) is 37.2 Å². The molecule has 0 bridgehead atoms. The Bertz CT molecular complexity index is 369. The van der Waals surface area contributed by atoms with Crippen LogP contribution in [0.25, 0.3) is 0 Å². The van der Waals surface area contributed by atoms with Crippen LogP contribution in [0.5, 0.6) is 0 Å². The monoisotopic (exact) mass is 276 g/mol. The number of ether oxygens (including phenoxy) is 1. The Morgan fingerprint density at radius 2 is 1.75 bits per heavy atom. The van der Waals surface area contributed by atoms with Crippen molar-refractivity contribution in [2.75, 3.05) is 26.2 Å². The number of rotatable bonds is 8. The van der Waals surface area contributed by atoms with Gasteiger partial charge in [0.2, 0.25) is 0 Å². The molecular weight excluding hydrogens is 248 g/mol. The van der Waals surface area contributed by atoms with Gasteiger partial charge in [0.05, 0.1) is 13.2 Å². The molecule has 0 atom stereocenters. The molecule has 1 N–H and O–H groups in total. The molecule has 1 saturated heterocycles. The highest BCUT2D eigenvalue weighted by Crippen LogP contribution is 2.08. The van der Waals surface area contributed by atoms with Gasteiger partial charge in [0, 0.05) is 19.1 Å². The van der Waals surface area contributed by atoms with Gasteiger partial charge in [-0.3, -0.25) is 0 Å². The Morgan fingerprint density at radius 3 is 2.40 bits per heavy atom. The van der Waals surface area contributed by atoms with E-state index >= 15 is 0 Å². The lowest BCUT2D eigenvalue weighted by Gasteiger charge is -2.14. The zero-order chi connectivity index (χ0) is 14.2. The fourth-order valence-electron chi connectivity index (χ4n) is 2.47. The number of nitrogens with zero attached hydrogens (tertiary/aromatic N) is 1. The fourth-order valence-corrected chi connectivity index (χ4v) is 2.47. The number of likely N-dealkylation sites (tertiary alicyclic amines) is 1. The third kappa shape index (κ3) is 5.61. The molecule has 0 aromatic heterocycles. The molecule has 3 nitrogen and oxygen atoms in total. The number of hydrogen-bond acceptors (Lipinski definition) is 3. The Balaban J connectivity index is 1.62. The molecule has 1 aliphatic rings. The highest BCUT2D eigenvalue weighted by molar-refractivity contribution is 5.21. The van der Waals surface area contributed by atoms with Gasteiger partial charge in [-0.15, -0.1) is 0 Å². The molecular formula is C17H28N2O. The molecule has 1 fully saturated rings. The highest BCUT2D eigenvalue weighted by atomic mass is 16.5. The first-order valence-electron chi connectivity index (χ1n) is 7.85. The lowest BCUT2D eigenvalue weighted by molar-refractivity contribution is 0.0992. The van der Waals surface area contributed by atoms with Crippen molar-refractivity contribution in [1.29, 1.82) is 0 Å². The first-order chi connectivity index (χ1) is 9.74. The van der Waals surface area contributed by atoms with Gasteiger partial charge in [0.25, 0.3) is 0 Å². The normalized spacial score (nSPS) is 16.1. The summed E-state index contributed by atoms with van der Waals surface area (Å²) in [4.78, 5) is 2.49. The highest BCUT2D eigenvalue weighted by Gasteiger charge is 2.10. The molecule has 3 heteroatoms. The van der Waals surface area contributed by atoms with E-state index in [4.69, 9.17) is 4.74 Å². The average molecular weight is 276 g/mol. The van der Waals surface area contributed by atoms with Gasteiger partial charge in [-0.05, 0) is 37.1 Å². The van der Waals surface area contributed by atoms with Crippen LogP contribution in [0.1, 0.15) is 37.8 Å². The molecule has 1 aliphatic heterocycles. The molecule has 1 heterocycles. The third-order valence-corrected chi connectivity index (χ3v) is 3.76. The van der Waals surface area contributed by atoms with Gasteiger partial charge in [-0.2, -0.15) is 0 Å². The molecule has 0 amide bonds. The first kappa shape index (κ1) is 15.5. The second-order valence-corrected chi connectivity index (χ2v) is 5.95. The summed E-state index contributed by atoms with van der Waals surface area (Å²) in [6.07, 6.45) is 2.71. The summed E-state index contributed by atoms with van der Waals surface area (Å²) in [5.41, 5.74) is 2.60. The maximum Gasteiger partial charge on any atom is 0.0717 e. The van der Waals surface area contributed by atoms with Crippen LogP contribution in [0.4, 0.5) is 0 Å². The second kappa shape index (κ2) is 8.40. The molecule has 20 heavy (non-hydrogen) atoms. The van der Waals surface area contributed by atoms with Crippen molar-refractivity contribution in [2.45, 2.75) is 45.9 Å². The summed E-state index contributed by atoms with van der Waals surface area (Å²) in [5, 5.41) is 3.43. The first-order valence-corrected chi connectivity index (χ1v) is 7.85. The topological polar surface area (TPSA) is 24.5 Å². The number of benzene rings is 1. The molecule has 2 rings (SSSR count). The molecule has 1 aromatic rings. The quantitative estimate of drug-likeness (QED) is 0.739. The van der Waals surface area contributed by atoms with Crippen molar-refractivity contribution in [2.24, 2.45) is 0 Å². The van der Waals surface area contributed by atoms with Gasteiger partial charge < -0.3 is 15.0 Å². The van der Waals surface area contributed by atoms with E-state index in [-0.39, 0.29) is 0 Å². The summed E-state index contributed by atoms with van der Waals surface area (Å²) >= 11 is 0. The standard InChI is InChI=1S/C17H28N2O/c1-15(2)18-13-16-5-7-17(8-6-16)14-20-12-11-19-9-3-4-10-19/h5-8,15,18H,3-4,9-14H2,1-2H3. The van der Waals surface area contributed by atoms with E-state index in [1.165, 1.54) is 37.1 Å². The minimum atomic E-state index is 0.531. The van der Waals surface area contributed by atoms with Gasteiger partial charge in [-0.1, -0.05) is 38.1 Å². The SMILES string of the molecule is CC(C)NCc1ccc(COCCN2CCCC2)cc1. The van der Waals surface area contributed by atoms with E-state index in [2.05, 4.69) is 48.3 Å². The maximum absolute atomic E-state index is 5.76. The third-order valence-electron chi connectivity index (χ3n) is 3.76. The second-order valence-electron chi connectivity index (χ2n) is 5.95. The van der Waals surface area contributed by atoms with Crippen LogP contribution in [0.3, 0.4) is 0 Å².